The zero-order valence-corrected chi connectivity index (χ0v) is 36.4. The maximum Gasteiger partial charge on any atom is 0.135 e. The van der Waals surface area contributed by atoms with Crippen molar-refractivity contribution >= 4 is 39.0 Å². The molecule has 2 nitrogen and oxygen atoms in total. The molecule has 0 bridgehead atoms. The van der Waals surface area contributed by atoms with Gasteiger partial charge in [0.1, 0.15) is 11.2 Å². The zero-order chi connectivity index (χ0) is 43.5. The quantitative estimate of drug-likeness (QED) is 0.152. The summed E-state index contributed by atoms with van der Waals surface area (Å²) in [6.45, 7) is 4.73. The van der Waals surface area contributed by atoms with Gasteiger partial charge in [-0.25, -0.2) is 0 Å². The molecule has 1 heterocycles. The molecule has 0 N–H and O–H groups in total. The molecule has 0 saturated heterocycles. The van der Waals surface area contributed by atoms with Gasteiger partial charge in [0.2, 0.25) is 0 Å². The number of furan rings is 1. The fourth-order valence-electron chi connectivity index (χ4n) is 10.5. The SMILES string of the molecule is CC1(C)c2ccccc2-c2cccc(-c3ccc(N(c4ccccc4-c4ccccc4)c4cccc(-c5ccc6oc7ccccc7c6c5)c4-c4cccc(-c5ccccc5)c4)cc3)c21. The van der Waals surface area contributed by atoms with Crippen molar-refractivity contribution in [1.29, 1.82) is 0 Å². The van der Waals surface area contributed by atoms with E-state index in [-0.39, 0.29) is 5.41 Å². The van der Waals surface area contributed by atoms with Gasteiger partial charge < -0.3 is 9.32 Å². The van der Waals surface area contributed by atoms with Gasteiger partial charge in [0.05, 0.1) is 11.4 Å². The molecule has 0 unspecified atom stereocenters. The molecule has 1 aliphatic carbocycles. The Labute approximate surface area is 380 Å². The second-order valence-electron chi connectivity index (χ2n) is 17.6. The van der Waals surface area contributed by atoms with Crippen molar-refractivity contribution in [2.45, 2.75) is 19.3 Å². The Morgan fingerprint density at radius 2 is 0.892 bits per heavy atom. The molecule has 1 aromatic heterocycles. The van der Waals surface area contributed by atoms with Crippen LogP contribution in [0.15, 0.2) is 241 Å². The summed E-state index contributed by atoms with van der Waals surface area (Å²) >= 11 is 0. The fraction of sp³-hybridized carbons (Fsp3) is 0.0476. The second kappa shape index (κ2) is 15.6. The molecule has 308 valence electrons. The highest BCUT2D eigenvalue weighted by molar-refractivity contribution is 6.08. The Balaban J connectivity index is 1.10. The molecule has 11 aromatic rings. The Bertz CT molecular complexity index is 3560. The Kier molecular flexibility index (Phi) is 9.21. The van der Waals surface area contributed by atoms with Crippen LogP contribution in [0.5, 0.6) is 0 Å². The van der Waals surface area contributed by atoms with Crippen LogP contribution in [-0.2, 0) is 5.41 Å². The number of para-hydroxylation sites is 2. The number of benzene rings is 10. The van der Waals surface area contributed by atoms with Crippen LogP contribution < -0.4 is 4.90 Å². The first-order valence-corrected chi connectivity index (χ1v) is 22.5. The standard InChI is InChI=1S/C63H45NO/c1-63(2)56-30-12-9-25-52(56)54-29-16-28-51(62(54)63)44-34-37-48(38-35-44)64(57-31-13-10-24-49(57)43-20-7-4-8-21-43)58-32-17-27-50(46-36-39-60-55(41-46)53-26-11-14-33-59(53)65-60)61(58)47-23-15-22-45(40-47)42-18-5-3-6-19-42/h3-41H,1-2H3. The summed E-state index contributed by atoms with van der Waals surface area (Å²) in [4.78, 5) is 2.47. The minimum Gasteiger partial charge on any atom is -0.456 e. The number of fused-ring (bicyclic) bond motifs is 6. The lowest BCUT2D eigenvalue weighted by Gasteiger charge is -2.31. The third-order valence-electron chi connectivity index (χ3n) is 13.5. The molecule has 10 aromatic carbocycles. The predicted octanol–water partition coefficient (Wildman–Crippen LogP) is 17.7. The number of hydrogen-bond donors (Lipinski definition) is 0. The molecule has 0 amide bonds. The summed E-state index contributed by atoms with van der Waals surface area (Å²) in [5, 5.41) is 2.22. The van der Waals surface area contributed by atoms with Crippen molar-refractivity contribution in [2.24, 2.45) is 0 Å². The van der Waals surface area contributed by atoms with E-state index in [9.17, 15) is 0 Å². The van der Waals surface area contributed by atoms with E-state index < -0.39 is 0 Å². The van der Waals surface area contributed by atoms with Crippen LogP contribution in [-0.4, -0.2) is 0 Å². The van der Waals surface area contributed by atoms with E-state index in [0.717, 1.165) is 72.4 Å². The van der Waals surface area contributed by atoms with E-state index in [1.807, 2.05) is 6.07 Å². The van der Waals surface area contributed by atoms with Crippen LogP contribution >= 0.6 is 0 Å². The van der Waals surface area contributed by atoms with E-state index in [2.05, 4.69) is 249 Å². The molecule has 0 fully saturated rings. The van der Waals surface area contributed by atoms with Gasteiger partial charge in [0.15, 0.2) is 0 Å². The van der Waals surface area contributed by atoms with Gasteiger partial charge in [-0.3, -0.25) is 0 Å². The highest BCUT2D eigenvalue weighted by atomic mass is 16.3. The number of rotatable bonds is 8. The number of hydrogen-bond acceptors (Lipinski definition) is 2. The van der Waals surface area contributed by atoms with Gasteiger partial charge in [0.25, 0.3) is 0 Å². The topological polar surface area (TPSA) is 16.4 Å². The van der Waals surface area contributed by atoms with Crippen LogP contribution in [0.2, 0.25) is 0 Å². The maximum atomic E-state index is 6.34. The van der Waals surface area contributed by atoms with Gasteiger partial charge in [-0.1, -0.05) is 202 Å². The molecular weight excluding hydrogens is 787 g/mol. The van der Waals surface area contributed by atoms with Crippen LogP contribution in [0.1, 0.15) is 25.0 Å². The van der Waals surface area contributed by atoms with Crippen LogP contribution in [0.25, 0.3) is 88.7 Å². The smallest absolute Gasteiger partial charge is 0.135 e. The molecule has 12 rings (SSSR count). The number of nitrogens with zero attached hydrogens (tertiary/aromatic N) is 1. The van der Waals surface area contributed by atoms with Gasteiger partial charge in [0, 0.05) is 33.0 Å². The minimum atomic E-state index is -0.128. The van der Waals surface area contributed by atoms with Crippen molar-refractivity contribution in [2.75, 3.05) is 4.90 Å². The first-order valence-electron chi connectivity index (χ1n) is 22.5. The van der Waals surface area contributed by atoms with Crippen LogP contribution in [0.4, 0.5) is 17.1 Å². The molecule has 0 radical (unpaired) electrons. The molecule has 0 atom stereocenters. The second-order valence-corrected chi connectivity index (χ2v) is 17.6. The lowest BCUT2D eigenvalue weighted by Crippen LogP contribution is -2.16. The molecule has 0 spiro atoms. The first-order chi connectivity index (χ1) is 32.0. The fourth-order valence-corrected chi connectivity index (χ4v) is 10.5. The van der Waals surface area contributed by atoms with Crippen LogP contribution in [0, 0.1) is 0 Å². The molecule has 65 heavy (non-hydrogen) atoms. The Morgan fingerprint density at radius 1 is 0.338 bits per heavy atom. The van der Waals surface area contributed by atoms with Crippen molar-refractivity contribution < 1.29 is 4.42 Å². The molecule has 2 heteroatoms. The molecular formula is C63H45NO. The average Bonchev–Trinajstić information content (AvgIpc) is 3.86. The van der Waals surface area contributed by atoms with E-state index in [0.29, 0.717) is 0 Å². The largest absolute Gasteiger partial charge is 0.456 e. The van der Waals surface area contributed by atoms with Gasteiger partial charge >= 0.3 is 0 Å². The lowest BCUT2D eigenvalue weighted by atomic mass is 9.79. The van der Waals surface area contributed by atoms with Crippen molar-refractivity contribution in [3.05, 3.63) is 248 Å². The van der Waals surface area contributed by atoms with Crippen molar-refractivity contribution in [3.8, 4) is 66.8 Å². The highest BCUT2D eigenvalue weighted by Crippen LogP contribution is 2.53. The Hall–Kier alpha value is -8.20. The number of anilines is 3. The summed E-state index contributed by atoms with van der Waals surface area (Å²) in [6.07, 6.45) is 0. The third-order valence-corrected chi connectivity index (χ3v) is 13.5. The summed E-state index contributed by atoms with van der Waals surface area (Å²) < 4.78 is 6.34. The summed E-state index contributed by atoms with van der Waals surface area (Å²) in [7, 11) is 0. The summed E-state index contributed by atoms with van der Waals surface area (Å²) in [6, 6.07) is 86.0. The van der Waals surface area contributed by atoms with E-state index in [4.69, 9.17) is 4.42 Å². The van der Waals surface area contributed by atoms with E-state index >= 15 is 0 Å². The van der Waals surface area contributed by atoms with E-state index in [1.165, 1.54) is 44.5 Å². The average molecular weight is 832 g/mol. The van der Waals surface area contributed by atoms with Crippen molar-refractivity contribution in [3.63, 3.8) is 0 Å². The summed E-state index contributed by atoms with van der Waals surface area (Å²) in [5.41, 5.74) is 22.0. The third kappa shape index (κ3) is 6.49. The molecule has 0 saturated carbocycles. The first kappa shape index (κ1) is 38.5. The molecule has 1 aliphatic rings. The summed E-state index contributed by atoms with van der Waals surface area (Å²) in [5.74, 6) is 0. The normalized spacial score (nSPS) is 12.6. The van der Waals surface area contributed by atoms with Gasteiger partial charge in [-0.2, -0.15) is 0 Å². The van der Waals surface area contributed by atoms with Crippen molar-refractivity contribution in [1.82, 2.24) is 0 Å². The lowest BCUT2D eigenvalue weighted by molar-refractivity contribution is 0.662. The molecule has 0 aliphatic heterocycles. The van der Waals surface area contributed by atoms with Gasteiger partial charge in [-0.15, -0.1) is 0 Å². The maximum absolute atomic E-state index is 6.34. The predicted molar refractivity (Wildman–Crippen MR) is 273 cm³/mol. The highest BCUT2D eigenvalue weighted by Gasteiger charge is 2.37. The Morgan fingerprint density at radius 3 is 1.72 bits per heavy atom. The van der Waals surface area contributed by atoms with Crippen LogP contribution in [0.3, 0.4) is 0 Å². The monoisotopic (exact) mass is 831 g/mol. The minimum absolute atomic E-state index is 0.128. The zero-order valence-electron chi connectivity index (χ0n) is 36.4. The van der Waals surface area contributed by atoms with Gasteiger partial charge in [-0.05, 0) is 115 Å². The van der Waals surface area contributed by atoms with E-state index in [1.54, 1.807) is 0 Å².